The zero-order valence-electron chi connectivity index (χ0n) is 68.7. The van der Waals surface area contributed by atoms with E-state index in [-0.39, 0.29) is 18.9 Å². The van der Waals surface area contributed by atoms with E-state index in [0.717, 1.165) is 77.0 Å². The smallest absolute Gasteiger partial charge is 0.220 e. The molecule has 638 valence electrons. The number of aliphatic hydroxyl groups is 11. The Kier molecular flexibility index (Phi) is 64.2. The van der Waals surface area contributed by atoms with E-state index >= 15 is 0 Å². The predicted molar refractivity (Wildman–Crippen MR) is 443 cm³/mol. The number of carbonyl (C=O) groups excluding carboxylic acids is 1. The van der Waals surface area contributed by atoms with Crippen molar-refractivity contribution in [3.63, 3.8) is 0 Å². The fraction of sp³-hybridized carbons (Fsp3) is 0.813. The molecule has 0 spiro atoms. The number of hydrogen-bond donors (Lipinski definition) is 12. The van der Waals surface area contributed by atoms with E-state index in [4.69, 9.17) is 28.4 Å². The largest absolute Gasteiger partial charge is 0.394 e. The highest BCUT2D eigenvalue weighted by Crippen LogP contribution is 2.33. The molecule has 110 heavy (non-hydrogen) atoms. The Bertz CT molecular complexity index is 2360. The van der Waals surface area contributed by atoms with Crippen LogP contribution in [0.2, 0.25) is 0 Å². The van der Waals surface area contributed by atoms with Gasteiger partial charge in [0.2, 0.25) is 5.91 Å². The molecule has 12 N–H and O–H groups in total. The van der Waals surface area contributed by atoms with E-state index in [0.29, 0.717) is 12.8 Å². The lowest BCUT2D eigenvalue weighted by Crippen LogP contribution is -2.66. The van der Waals surface area contributed by atoms with Crippen molar-refractivity contribution in [2.75, 3.05) is 26.4 Å². The molecule has 3 aliphatic heterocycles. The number of aliphatic hydroxyl groups excluding tert-OH is 11. The molecule has 0 aromatic heterocycles. The molecule has 1 amide bonds. The third-order valence-corrected chi connectivity index (χ3v) is 21.6. The molecule has 3 fully saturated rings. The van der Waals surface area contributed by atoms with E-state index in [2.05, 4.69) is 104 Å². The summed E-state index contributed by atoms with van der Waals surface area (Å²) >= 11 is 0. The number of nitrogens with one attached hydrogen (secondary N) is 1. The summed E-state index contributed by atoms with van der Waals surface area (Å²) in [6, 6.07) is -0.994. The molecule has 19 heteroatoms. The molecule has 3 rings (SSSR count). The zero-order valence-corrected chi connectivity index (χ0v) is 68.7. The molecule has 19 nitrogen and oxygen atoms in total. The summed E-state index contributed by atoms with van der Waals surface area (Å²) in [7, 11) is 0. The topological polar surface area (TPSA) is 307 Å². The highest BCUT2D eigenvalue weighted by atomic mass is 16.8. The second-order valence-electron chi connectivity index (χ2n) is 31.3. The first-order chi connectivity index (χ1) is 53.8. The fourth-order valence-electron chi connectivity index (χ4n) is 14.6. The van der Waals surface area contributed by atoms with Crippen LogP contribution in [0.1, 0.15) is 341 Å². The summed E-state index contributed by atoms with van der Waals surface area (Å²) < 4.78 is 34.5. The molecular weight excluding hydrogens is 1390 g/mol. The number of allylic oxidation sites excluding steroid dienone is 15. The maximum Gasteiger partial charge on any atom is 0.220 e. The van der Waals surface area contributed by atoms with Crippen molar-refractivity contribution >= 4 is 5.91 Å². The average Bonchev–Trinajstić information content (AvgIpc) is 0.782. The Hall–Kier alpha value is -3.29. The second kappa shape index (κ2) is 70.0. The highest BCUT2D eigenvalue weighted by Gasteiger charge is 2.54. The van der Waals surface area contributed by atoms with Crippen LogP contribution < -0.4 is 5.32 Å². The number of hydrogen-bond acceptors (Lipinski definition) is 18. The van der Waals surface area contributed by atoms with Gasteiger partial charge >= 0.3 is 0 Å². The van der Waals surface area contributed by atoms with Gasteiger partial charge in [-0.3, -0.25) is 4.79 Å². The van der Waals surface area contributed by atoms with Crippen LogP contribution in [0.5, 0.6) is 0 Å². The summed E-state index contributed by atoms with van der Waals surface area (Å²) in [4.78, 5) is 13.5. The molecule has 17 atom stereocenters. The van der Waals surface area contributed by atoms with Crippen molar-refractivity contribution in [2.45, 2.75) is 446 Å². The monoisotopic (exact) mass is 1560 g/mol. The van der Waals surface area contributed by atoms with Crippen LogP contribution in [-0.2, 0) is 33.2 Å². The van der Waals surface area contributed by atoms with Crippen molar-refractivity contribution in [1.82, 2.24) is 5.32 Å². The third-order valence-electron chi connectivity index (χ3n) is 21.6. The second-order valence-corrected chi connectivity index (χ2v) is 31.3. The molecule has 0 bridgehead atoms. The minimum absolute atomic E-state index is 0.235. The van der Waals surface area contributed by atoms with Crippen molar-refractivity contribution in [2.24, 2.45) is 0 Å². The third kappa shape index (κ3) is 48.3. The number of rotatable bonds is 71. The summed E-state index contributed by atoms with van der Waals surface area (Å²) in [5.41, 5.74) is 0. The van der Waals surface area contributed by atoms with Crippen LogP contribution in [0.4, 0.5) is 0 Å². The molecule has 0 radical (unpaired) electrons. The van der Waals surface area contributed by atoms with Crippen molar-refractivity contribution in [1.29, 1.82) is 0 Å². The molecular formula is C91H161NO18. The Morgan fingerprint density at radius 1 is 0.336 bits per heavy atom. The first kappa shape index (κ1) is 101. The molecule has 17 unspecified atom stereocenters. The van der Waals surface area contributed by atoms with Gasteiger partial charge in [-0.1, -0.05) is 349 Å². The quantitative estimate of drug-likeness (QED) is 0.0199. The standard InChI is InChI=1S/C91H161NO18/c1-3-5-7-9-11-13-15-17-19-21-23-25-27-29-30-31-32-33-34-35-36-37-38-39-40-41-42-43-44-45-47-49-51-53-55-57-59-61-63-65-67-69-79(97)92-74(75(96)68-66-64-62-60-58-56-54-52-50-48-46-28-26-24-22-20-18-16-14-12-10-8-6-4-2)73-105-89-85(103)82(100)87(77(71-94)107-89)110-91-86(104)83(101)88(78(72-95)108-91)109-90-84(102)81(99)80(98)76(70-93)106-90/h5,7,11,13,17,19,23,25,29-30,32-33,58,60,66,68,74-78,80-91,93-96,98-104H,3-4,6,8-10,12,14-16,18,20-22,24,26-28,31,34-57,59,61-65,67,69-73H2,1-2H3,(H,92,97)/b7-5-,13-11-,19-17-,25-23-,30-29-,33-32-,60-58+,68-66+. The van der Waals surface area contributed by atoms with Gasteiger partial charge in [0.05, 0.1) is 38.6 Å². The van der Waals surface area contributed by atoms with Crippen LogP contribution >= 0.6 is 0 Å². The summed E-state index contributed by atoms with van der Waals surface area (Å²) in [6.45, 7) is 1.64. The number of amides is 1. The Balaban J connectivity index is 1.31. The SMILES string of the molecule is CC/C=C\C/C=C\C/C=C\C/C=C\C/C=C\C/C=C\CCCCCCCCCCCCCCCCCCCCCCCCC(=O)NC(COC1OC(CO)C(OC2OC(CO)C(OC3OC(CO)C(O)C(O)C3O)C(O)C2O)C(O)C1O)C(O)/C=C/CC/C=C/CCCCCCCCCCCCCCCCCCCC. The molecule has 0 aromatic carbocycles. The highest BCUT2D eigenvalue weighted by molar-refractivity contribution is 5.76. The first-order valence-corrected chi connectivity index (χ1v) is 44.5. The maximum atomic E-state index is 13.5. The van der Waals surface area contributed by atoms with Crippen molar-refractivity contribution in [3.8, 4) is 0 Å². The number of carbonyl (C=O) groups is 1. The lowest BCUT2D eigenvalue weighted by molar-refractivity contribution is -0.379. The van der Waals surface area contributed by atoms with Gasteiger partial charge in [-0.15, -0.1) is 0 Å². The van der Waals surface area contributed by atoms with Gasteiger partial charge in [-0.05, 0) is 83.5 Å². The number of ether oxygens (including phenoxy) is 6. The van der Waals surface area contributed by atoms with Gasteiger partial charge in [0.25, 0.3) is 0 Å². The van der Waals surface area contributed by atoms with E-state index in [1.165, 1.54) is 231 Å². The molecule has 3 aliphatic rings. The van der Waals surface area contributed by atoms with E-state index in [9.17, 15) is 61.0 Å². The van der Waals surface area contributed by atoms with Gasteiger partial charge in [0.15, 0.2) is 18.9 Å². The van der Waals surface area contributed by atoms with Gasteiger partial charge in [-0.25, -0.2) is 0 Å². The zero-order chi connectivity index (χ0) is 79.5. The van der Waals surface area contributed by atoms with E-state index in [1.54, 1.807) is 6.08 Å². The Labute approximate surface area is 666 Å². The summed E-state index contributed by atoms with van der Waals surface area (Å²) in [6.07, 6.45) is 69.9. The Morgan fingerprint density at radius 2 is 0.636 bits per heavy atom. The summed E-state index contributed by atoms with van der Waals surface area (Å²) in [5, 5.41) is 121. The van der Waals surface area contributed by atoms with Crippen LogP contribution in [-0.4, -0.2) is 193 Å². The van der Waals surface area contributed by atoms with Crippen molar-refractivity contribution < 1.29 is 89.4 Å². The van der Waals surface area contributed by atoms with Gasteiger partial charge in [0, 0.05) is 6.42 Å². The van der Waals surface area contributed by atoms with Crippen LogP contribution in [0.15, 0.2) is 97.2 Å². The van der Waals surface area contributed by atoms with Gasteiger partial charge in [0.1, 0.15) is 73.2 Å². The summed E-state index contributed by atoms with van der Waals surface area (Å²) in [5.74, 6) is -0.281. The van der Waals surface area contributed by atoms with Gasteiger partial charge in [-0.2, -0.15) is 0 Å². The number of unbranched alkanes of at least 4 members (excludes halogenated alkanes) is 41. The minimum Gasteiger partial charge on any atom is -0.394 e. The average molecular weight is 1560 g/mol. The van der Waals surface area contributed by atoms with E-state index < -0.39 is 124 Å². The first-order valence-electron chi connectivity index (χ1n) is 44.5. The Morgan fingerprint density at radius 3 is 1.02 bits per heavy atom. The van der Waals surface area contributed by atoms with Crippen molar-refractivity contribution in [3.05, 3.63) is 97.2 Å². The normalized spacial score (nSPS) is 25.6. The lowest BCUT2D eigenvalue weighted by atomic mass is 9.96. The molecule has 0 aliphatic carbocycles. The van der Waals surface area contributed by atoms with E-state index in [1.807, 2.05) is 6.08 Å². The van der Waals surface area contributed by atoms with Crippen LogP contribution in [0, 0.1) is 0 Å². The van der Waals surface area contributed by atoms with Crippen LogP contribution in [0.3, 0.4) is 0 Å². The molecule has 3 heterocycles. The molecule has 0 saturated carbocycles. The van der Waals surface area contributed by atoms with Crippen LogP contribution in [0.25, 0.3) is 0 Å². The molecule has 0 aromatic rings. The minimum atomic E-state index is -1.98. The fourth-order valence-corrected chi connectivity index (χ4v) is 14.6. The predicted octanol–water partition coefficient (Wildman–Crippen LogP) is 16.7. The van der Waals surface area contributed by atoms with Gasteiger partial charge < -0.3 is 89.9 Å². The molecule has 3 saturated heterocycles. The lowest BCUT2D eigenvalue weighted by Gasteiger charge is -2.48. The maximum absolute atomic E-state index is 13.5.